The second kappa shape index (κ2) is 6.91. The number of imidazole rings is 1. The first kappa shape index (κ1) is 17.2. The number of aryl methyl sites for hydroxylation is 1. The number of nitrogens with zero attached hydrogens (tertiary/aromatic N) is 3. The van der Waals surface area contributed by atoms with Crippen molar-refractivity contribution in [2.45, 2.75) is 25.7 Å². The van der Waals surface area contributed by atoms with Crippen molar-refractivity contribution in [3.05, 3.63) is 59.1 Å². The Kier molecular flexibility index (Phi) is 4.24. The third kappa shape index (κ3) is 3.01. The predicted molar refractivity (Wildman–Crippen MR) is 109 cm³/mol. The summed E-state index contributed by atoms with van der Waals surface area (Å²) in [6.07, 6.45) is 3.43. The number of furan rings is 1. The number of nitrogens with one attached hydrogen (secondary N) is 1. The highest BCUT2D eigenvalue weighted by Gasteiger charge is 2.28. The van der Waals surface area contributed by atoms with Crippen LogP contribution in [0.5, 0.6) is 0 Å². The molecular formula is C21H20N4O2S. The van der Waals surface area contributed by atoms with E-state index in [0.29, 0.717) is 30.5 Å². The number of carbonyl (C=O) groups excluding carboxylic acids is 1. The summed E-state index contributed by atoms with van der Waals surface area (Å²) >= 11 is 1.50. The molecular weight excluding hydrogens is 372 g/mol. The smallest absolute Gasteiger partial charge is 0.273 e. The zero-order valence-corrected chi connectivity index (χ0v) is 16.3. The molecule has 1 N–H and O–H groups in total. The molecule has 1 saturated heterocycles. The molecule has 6 nitrogen and oxygen atoms in total. The number of carbonyl (C=O) groups is 1. The maximum Gasteiger partial charge on any atom is 0.273 e. The average molecular weight is 392 g/mol. The third-order valence-electron chi connectivity index (χ3n) is 5.31. The van der Waals surface area contributed by atoms with Crippen LogP contribution in [-0.2, 0) is 0 Å². The van der Waals surface area contributed by atoms with Crippen LogP contribution in [0.1, 0.15) is 39.9 Å². The first-order valence-electron chi connectivity index (χ1n) is 9.44. The Balaban J connectivity index is 1.29. The van der Waals surface area contributed by atoms with Gasteiger partial charge in [-0.15, -0.1) is 11.3 Å². The number of H-pyrrole nitrogens is 1. The van der Waals surface area contributed by atoms with Gasteiger partial charge in [0.25, 0.3) is 5.91 Å². The van der Waals surface area contributed by atoms with Crippen LogP contribution in [0.2, 0.25) is 0 Å². The number of rotatable bonds is 3. The van der Waals surface area contributed by atoms with Gasteiger partial charge in [-0.1, -0.05) is 12.1 Å². The Labute approximate surface area is 166 Å². The summed E-state index contributed by atoms with van der Waals surface area (Å²) in [4.78, 5) is 28.6. The van der Waals surface area contributed by atoms with Gasteiger partial charge in [-0.3, -0.25) is 4.79 Å². The van der Waals surface area contributed by atoms with E-state index >= 15 is 0 Å². The van der Waals surface area contributed by atoms with Gasteiger partial charge in [0.1, 0.15) is 11.5 Å². The summed E-state index contributed by atoms with van der Waals surface area (Å²) < 4.78 is 5.41. The van der Waals surface area contributed by atoms with E-state index in [2.05, 4.69) is 9.97 Å². The Hall–Kier alpha value is -2.93. The molecule has 1 fully saturated rings. The molecule has 1 aliphatic rings. The monoisotopic (exact) mass is 392 g/mol. The van der Waals surface area contributed by atoms with Gasteiger partial charge in [-0.2, -0.15) is 0 Å². The lowest BCUT2D eigenvalue weighted by Crippen LogP contribution is -2.38. The number of aromatic nitrogens is 3. The van der Waals surface area contributed by atoms with Gasteiger partial charge < -0.3 is 14.3 Å². The quantitative estimate of drug-likeness (QED) is 0.553. The summed E-state index contributed by atoms with van der Waals surface area (Å²) in [6.45, 7) is 3.37. The summed E-state index contributed by atoms with van der Waals surface area (Å²) in [5.41, 5.74) is 2.61. The normalized spacial score (nSPS) is 15.4. The minimum absolute atomic E-state index is 0.00890. The minimum atomic E-state index is 0.00890. The van der Waals surface area contributed by atoms with E-state index < -0.39 is 0 Å². The average Bonchev–Trinajstić information content (AvgIpc) is 3.46. The fourth-order valence-electron chi connectivity index (χ4n) is 3.77. The van der Waals surface area contributed by atoms with E-state index in [1.54, 1.807) is 6.26 Å². The highest BCUT2D eigenvalue weighted by Crippen LogP contribution is 2.31. The lowest BCUT2D eigenvalue weighted by Gasteiger charge is -2.30. The number of aromatic amines is 1. The Morgan fingerprint density at radius 1 is 1.18 bits per heavy atom. The fraction of sp³-hybridized carbons (Fsp3) is 0.286. The van der Waals surface area contributed by atoms with Crippen LogP contribution in [0.4, 0.5) is 0 Å². The van der Waals surface area contributed by atoms with Crippen molar-refractivity contribution in [1.29, 1.82) is 0 Å². The van der Waals surface area contributed by atoms with Gasteiger partial charge in [0.15, 0.2) is 10.8 Å². The summed E-state index contributed by atoms with van der Waals surface area (Å²) in [5.74, 6) is 2.09. The number of para-hydroxylation sites is 2. The number of benzene rings is 1. The Bertz CT molecular complexity index is 1090. The molecule has 1 aromatic carbocycles. The molecule has 1 aliphatic heterocycles. The first-order chi connectivity index (χ1) is 13.7. The second-order valence-corrected chi connectivity index (χ2v) is 8.31. The number of likely N-dealkylation sites (tertiary alicyclic amines) is 1. The van der Waals surface area contributed by atoms with Gasteiger partial charge in [0, 0.05) is 23.9 Å². The molecule has 5 rings (SSSR count). The van der Waals surface area contributed by atoms with Gasteiger partial charge in [0.05, 0.1) is 17.3 Å². The molecule has 7 heteroatoms. The Morgan fingerprint density at radius 2 is 2.00 bits per heavy atom. The highest BCUT2D eigenvalue weighted by atomic mass is 32.1. The number of piperidine rings is 1. The zero-order chi connectivity index (χ0) is 19.1. The van der Waals surface area contributed by atoms with Crippen LogP contribution >= 0.6 is 11.3 Å². The van der Waals surface area contributed by atoms with E-state index in [4.69, 9.17) is 9.40 Å². The van der Waals surface area contributed by atoms with Crippen molar-refractivity contribution in [1.82, 2.24) is 19.9 Å². The number of amides is 1. The largest absolute Gasteiger partial charge is 0.462 e. The number of hydrogen-bond acceptors (Lipinski definition) is 5. The van der Waals surface area contributed by atoms with Gasteiger partial charge in [-0.05, 0) is 44.0 Å². The molecule has 0 radical (unpaired) electrons. The van der Waals surface area contributed by atoms with E-state index in [9.17, 15) is 4.79 Å². The molecule has 1 amide bonds. The number of hydrogen-bond donors (Lipinski definition) is 1. The van der Waals surface area contributed by atoms with Gasteiger partial charge in [0.2, 0.25) is 0 Å². The molecule has 0 saturated carbocycles. The zero-order valence-electron chi connectivity index (χ0n) is 15.5. The van der Waals surface area contributed by atoms with Crippen LogP contribution < -0.4 is 0 Å². The predicted octanol–water partition coefficient (Wildman–Crippen LogP) is 4.61. The van der Waals surface area contributed by atoms with Crippen LogP contribution in [0, 0.1) is 6.92 Å². The molecule has 142 valence electrons. The molecule has 0 unspecified atom stereocenters. The van der Waals surface area contributed by atoms with Crippen molar-refractivity contribution < 1.29 is 9.21 Å². The molecule has 4 aromatic rings. The topological polar surface area (TPSA) is 75.0 Å². The molecule has 0 spiro atoms. The van der Waals surface area contributed by atoms with Crippen molar-refractivity contribution in [2.75, 3.05) is 13.1 Å². The van der Waals surface area contributed by atoms with E-state index in [1.807, 2.05) is 48.2 Å². The van der Waals surface area contributed by atoms with E-state index in [-0.39, 0.29) is 5.91 Å². The lowest BCUT2D eigenvalue weighted by molar-refractivity contribution is 0.0705. The fourth-order valence-corrected chi connectivity index (χ4v) is 4.65. The lowest BCUT2D eigenvalue weighted by atomic mass is 9.96. The molecule has 0 aliphatic carbocycles. The summed E-state index contributed by atoms with van der Waals surface area (Å²) in [6, 6.07) is 11.8. The van der Waals surface area contributed by atoms with Gasteiger partial charge >= 0.3 is 0 Å². The molecule has 0 bridgehead atoms. The van der Waals surface area contributed by atoms with Crippen LogP contribution in [-0.4, -0.2) is 38.8 Å². The number of thiazole rings is 1. The van der Waals surface area contributed by atoms with Crippen molar-refractivity contribution in [2.24, 2.45) is 0 Å². The highest BCUT2D eigenvalue weighted by molar-refractivity contribution is 7.15. The van der Waals surface area contributed by atoms with E-state index in [0.717, 1.165) is 39.6 Å². The maximum absolute atomic E-state index is 13.0. The summed E-state index contributed by atoms with van der Waals surface area (Å²) in [7, 11) is 0. The second-order valence-electron chi connectivity index (χ2n) is 7.11. The summed E-state index contributed by atoms with van der Waals surface area (Å²) in [5, 5.41) is 0.753. The minimum Gasteiger partial charge on any atom is -0.462 e. The van der Waals surface area contributed by atoms with Gasteiger partial charge in [-0.25, -0.2) is 9.97 Å². The van der Waals surface area contributed by atoms with Crippen molar-refractivity contribution in [3.63, 3.8) is 0 Å². The molecule has 3 aromatic heterocycles. The molecule has 4 heterocycles. The van der Waals surface area contributed by atoms with Crippen LogP contribution in [0.15, 0.2) is 47.1 Å². The van der Waals surface area contributed by atoms with Crippen molar-refractivity contribution >= 4 is 28.3 Å². The third-order valence-corrected chi connectivity index (χ3v) is 6.29. The standard InChI is InChI=1S/C21H20N4O2S/c1-13-18(24-20(28-13)17-7-4-12-27-17)21(26)25-10-8-14(9-11-25)19-22-15-5-2-3-6-16(15)23-19/h2-7,12,14H,8-11H2,1H3,(H,22,23). The first-order valence-corrected chi connectivity index (χ1v) is 10.3. The van der Waals surface area contributed by atoms with Crippen molar-refractivity contribution in [3.8, 4) is 10.8 Å². The maximum atomic E-state index is 13.0. The number of fused-ring (bicyclic) bond motifs is 1. The SMILES string of the molecule is Cc1sc(-c2ccco2)nc1C(=O)N1CCC(c2nc3ccccc3[nH]2)CC1. The molecule has 28 heavy (non-hydrogen) atoms. The van der Waals surface area contributed by atoms with Crippen LogP contribution in [0.3, 0.4) is 0 Å². The van der Waals surface area contributed by atoms with Crippen LogP contribution in [0.25, 0.3) is 21.8 Å². The Morgan fingerprint density at radius 3 is 2.75 bits per heavy atom. The van der Waals surface area contributed by atoms with E-state index in [1.165, 1.54) is 11.3 Å². The molecule has 0 atom stereocenters.